The fourth-order valence-electron chi connectivity index (χ4n) is 3.46. The lowest BCUT2D eigenvalue weighted by Gasteiger charge is -2.46. The molecule has 2 rings (SSSR count). The summed E-state index contributed by atoms with van der Waals surface area (Å²) in [6.07, 6.45) is 0. The Morgan fingerprint density at radius 1 is 0.857 bits per heavy atom. The molecule has 0 spiro atoms. The van der Waals surface area contributed by atoms with E-state index in [1.54, 1.807) is 0 Å². The van der Waals surface area contributed by atoms with Crippen LogP contribution in [0.2, 0.25) is 5.04 Å². The minimum atomic E-state index is -2.55. The molecule has 112 valence electrons. The van der Waals surface area contributed by atoms with Crippen molar-refractivity contribution in [3.05, 3.63) is 60.7 Å². The standard InChI is InChI=1S/C18H24O2Si/c1-18(2,3)21(17(20)14-19,15-10-6-4-7-11-15)16-12-8-5-9-13-16/h4-13,17,19-20H,14H2,1-3H3. The average molecular weight is 300 g/mol. The van der Waals surface area contributed by atoms with Crippen LogP contribution in [-0.4, -0.2) is 30.6 Å². The summed E-state index contributed by atoms with van der Waals surface area (Å²) in [6, 6.07) is 20.4. The van der Waals surface area contributed by atoms with Gasteiger partial charge in [0.15, 0.2) is 8.07 Å². The minimum absolute atomic E-state index is 0.127. The van der Waals surface area contributed by atoms with Gasteiger partial charge in [-0.1, -0.05) is 91.8 Å². The van der Waals surface area contributed by atoms with Crippen molar-refractivity contribution in [3.8, 4) is 0 Å². The molecule has 1 unspecified atom stereocenters. The highest BCUT2D eigenvalue weighted by Crippen LogP contribution is 2.37. The van der Waals surface area contributed by atoms with Crippen LogP contribution in [0, 0.1) is 0 Å². The maximum absolute atomic E-state index is 10.8. The van der Waals surface area contributed by atoms with Crippen molar-refractivity contribution in [2.75, 3.05) is 6.61 Å². The molecule has 0 bridgehead atoms. The van der Waals surface area contributed by atoms with Crippen LogP contribution in [0.1, 0.15) is 20.8 Å². The molecule has 0 saturated heterocycles. The zero-order valence-corrected chi connectivity index (χ0v) is 14.0. The molecule has 0 aromatic heterocycles. The van der Waals surface area contributed by atoms with E-state index in [0.29, 0.717) is 0 Å². The van der Waals surface area contributed by atoms with Crippen molar-refractivity contribution in [2.24, 2.45) is 0 Å². The molecular formula is C18H24O2Si. The van der Waals surface area contributed by atoms with Crippen LogP contribution < -0.4 is 10.4 Å². The average Bonchev–Trinajstić information content (AvgIpc) is 2.48. The maximum atomic E-state index is 10.8. The topological polar surface area (TPSA) is 40.5 Å². The second kappa shape index (κ2) is 6.14. The van der Waals surface area contributed by atoms with Crippen LogP contribution in [0.25, 0.3) is 0 Å². The van der Waals surface area contributed by atoms with Gasteiger partial charge in [0, 0.05) is 0 Å². The Hall–Kier alpha value is -1.42. The number of hydrogen-bond donors (Lipinski definition) is 2. The molecular weight excluding hydrogens is 276 g/mol. The number of aliphatic hydroxyl groups excluding tert-OH is 2. The first-order valence-electron chi connectivity index (χ1n) is 7.34. The van der Waals surface area contributed by atoms with Gasteiger partial charge in [-0.05, 0) is 5.04 Å². The van der Waals surface area contributed by atoms with Crippen LogP contribution in [0.5, 0.6) is 0 Å². The third-order valence-corrected chi connectivity index (χ3v) is 10.4. The highest BCUT2D eigenvalue weighted by atomic mass is 28.3. The summed E-state index contributed by atoms with van der Waals surface area (Å²) in [6.45, 7) is 6.28. The zero-order valence-electron chi connectivity index (χ0n) is 13.0. The van der Waals surface area contributed by atoms with Crippen molar-refractivity contribution in [1.82, 2.24) is 0 Å². The summed E-state index contributed by atoms with van der Waals surface area (Å²) >= 11 is 0. The lowest BCUT2D eigenvalue weighted by atomic mass is 10.2. The smallest absolute Gasteiger partial charge is 0.156 e. The summed E-state index contributed by atoms with van der Waals surface area (Å²) in [5.74, 6) is 0. The molecule has 2 aromatic rings. The van der Waals surface area contributed by atoms with E-state index in [-0.39, 0.29) is 11.6 Å². The fourth-order valence-corrected chi connectivity index (χ4v) is 9.00. The number of benzene rings is 2. The lowest BCUT2D eigenvalue weighted by Crippen LogP contribution is -2.72. The van der Waals surface area contributed by atoms with Gasteiger partial charge in [-0.3, -0.25) is 0 Å². The van der Waals surface area contributed by atoms with Crippen LogP contribution in [0.15, 0.2) is 60.7 Å². The van der Waals surface area contributed by atoms with Crippen molar-refractivity contribution in [1.29, 1.82) is 0 Å². The van der Waals surface area contributed by atoms with E-state index in [2.05, 4.69) is 45.0 Å². The largest absolute Gasteiger partial charge is 0.394 e. The molecule has 2 nitrogen and oxygen atoms in total. The fraction of sp³-hybridized carbons (Fsp3) is 0.333. The van der Waals surface area contributed by atoms with Crippen LogP contribution in [-0.2, 0) is 0 Å². The monoisotopic (exact) mass is 300 g/mol. The van der Waals surface area contributed by atoms with E-state index in [0.717, 1.165) is 10.4 Å². The van der Waals surface area contributed by atoms with E-state index in [1.807, 2.05) is 36.4 Å². The second-order valence-corrected chi connectivity index (χ2v) is 11.4. The first-order chi connectivity index (χ1) is 9.94. The van der Waals surface area contributed by atoms with E-state index in [4.69, 9.17) is 0 Å². The molecule has 1 atom stereocenters. The van der Waals surface area contributed by atoms with Gasteiger partial charge in [-0.25, -0.2) is 0 Å². The molecule has 0 aliphatic carbocycles. The molecule has 0 aliphatic heterocycles. The number of hydrogen-bond acceptors (Lipinski definition) is 2. The Morgan fingerprint density at radius 2 is 1.24 bits per heavy atom. The second-order valence-electron chi connectivity index (χ2n) is 6.49. The molecule has 0 aliphatic rings. The summed E-state index contributed by atoms with van der Waals surface area (Å²) < 4.78 is 0. The van der Waals surface area contributed by atoms with E-state index in [9.17, 15) is 10.2 Å². The predicted molar refractivity (Wildman–Crippen MR) is 90.7 cm³/mol. The van der Waals surface area contributed by atoms with Gasteiger partial charge < -0.3 is 10.2 Å². The Labute approximate surface area is 128 Å². The summed E-state index contributed by atoms with van der Waals surface area (Å²) in [7, 11) is -2.55. The first-order valence-corrected chi connectivity index (χ1v) is 9.42. The number of rotatable bonds is 4. The molecule has 0 radical (unpaired) electrons. The maximum Gasteiger partial charge on any atom is 0.156 e. The predicted octanol–water partition coefficient (Wildman–Crippen LogP) is 1.94. The van der Waals surface area contributed by atoms with E-state index in [1.165, 1.54) is 0 Å². The summed E-state index contributed by atoms with van der Waals surface area (Å²) in [5, 5.41) is 22.8. The van der Waals surface area contributed by atoms with Crippen molar-refractivity contribution in [3.63, 3.8) is 0 Å². The van der Waals surface area contributed by atoms with Crippen molar-refractivity contribution < 1.29 is 10.2 Å². The summed E-state index contributed by atoms with van der Waals surface area (Å²) in [5.41, 5.74) is -0.734. The molecule has 0 fully saturated rings. The molecule has 0 saturated carbocycles. The lowest BCUT2D eigenvalue weighted by molar-refractivity contribution is 0.145. The third kappa shape index (κ3) is 2.69. The van der Waals surface area contributed by atoms with E-state index >= 15 is 0 Å². The molecule has 0 amide bonds. The van der Waals surface area contributed by atoms with Gasteiger partial charge in [-0.15, -0.1) is 0 Å². The molecule has 0 heterocycles. The number of aliphatic hydroxyl groups is 2. The van der Waals surface area contributed by atoms with Crippen molar-refractivity contribution in [2.45, 2.75) is 31.5 Å². The Kier molecular flexibility index (Phi) is 4.66. The van der Waals surface area contributed by atoms with Gasteiger partial charge in [-0.2, -0.15) is 0 Å². The van der Waals surface area contributed by atoms with E-state index < -0.39 is 13.8 Å². The van der Waals surface area contributed by atoms with Gasteiger partial charge in [0.1, 0.15) is 0 Å². The third-order valence-electron chi connectivity index (χ3n) is 4.31. The highest BCUT2D eigenvalue weighted by molar-refractivity contribution is 7.05. The van der Waals surface area contributed by atoms with Gasteiger partial charge >= 0.3 is 0 Å². The Balaban J connectivity index is 2.79. The molecule has 3 heteroatoms. The Morgan fingerprint density at radius 3 is 1.52 bits per heavy atom. The van der Waals surface area contributed by atoms with Gasteiger partial charge in [0.2, 0.25) is 0 Å². The first kappa shape index (κ1) is 16.0. The zero-order chi connectivity index (χ0) is 15.5. The quantitative estimate of drug-likeness (QED) is 0.847. The van der Waals surface area contributed by atoms with Crippen LogP contribution >= 0.6 is 0 Å². The SMILES string of the molecule is CC(C)(C)[Si](c1ccccc1)(c1ccccc1)C(O)CO. The molecule has 2 N–H and O–H groups in total. The van der Waals surface area contributed by atoms with Crippen molar-refractivity contribution >= 4 is 18.4 Å². The highest BCUT2D eigenvalue weighted by Gasteiger charge is 2.52. The van der Waals surface area contributed by atoms with Gasteiger partial charge in [0.25, 0.3) is 0 Å². The van der Waals surface area contributed by atoms with Crippen LogP contribution in [0.3, 0.4) is 0 Å². The molecule has 21 heavy (non-hydrogen) atoms. The molecule has 2 aromatic carbocycles. The Bertz CT molecular complexity index is 521. The van der Waals surface area contributed by atoms with Gasteiger partial charge in [0.05, 0.1) is 12.3 Å². The minimum Gasteiger partial charge on any atom is -0.394 e. The normalized spacial score (nSPS) is 14.0. The summed E-state index contributed by atoms with van der Waals surface area (Å²) in [4.78, 5) is 0. The van der Waals surface area contributed by atoms with Crippen LogP contribution in [0.4, 0.5) is 0 Å².